The third-order valence-electron chi connectivity index (χ3n) is 8.18. The van der Waals surface area contributed by atoms with Crippen LogP contribution in [0.3, 0.4) is 0 Å². The van der Waals surface area contributed by atoms with Gasteiger partial charge in [0.1, 0.15) is 34.6 Å². The van der Waals surface area contributed by atoms with Crippen molar-refractivity contribution in [2.24, 2.45) is 5.92 Å². The second-order valence-electron chi connectivity index (χ2n) is 15.1. The lowest BCUT2D eigenvalue weighted by Gasteiger charge is -2.32. The van der Waals surface area contributed by atoms with Crippen molar-refractivity contribution in [3.8, 4) is 5.75 Å². The number of esters is 1. The van der Waals surface area contributed by atoms with Gasteiger partial charge in [-0.05, 0) is 85.3 Å². The number of nitrogens with one attached hydrogen (secondary N) is 1. The molecule has 2 heterocycles. The number of rotatable bonds is 11. The molecular formula is C35H53N3O10. The molecule has 2 aliphatic heterocycles. The minimum absolute atomic E-state index is 0.0416. The number of carboxylic acid groups (broad SMARTS) is 1. The van der Waals surface area contributed by atoms with Crippen molar-refractivity contribution in [1.82, 2.24) is 15.1 Å². The van der Waals surface area contributed by atoms with Crippen LogP contribution in [-0.4, -0.2) is 93.5 Å². The fourth-order valence-electron chi connectivity index (χ4n) is 5.68. The van der Waals surface area contributed by atoms with Crippen molar-refractivity contribution >= 4 is 30.0 Å². The van der Waals surface area contributed by atoms with E-state index < -0.39 is 53.0 Å². The molecule has 13 nitrogen and oxygen atoms in total. The van der Waals surface area contributed by atoms with Crippen LogP contribution in [0.1, 0.15) is 99.1 Å². The summed E-state index contributed by atoms with van der Waals surface area (Å²) in [6.45, 7) is 16.6. The Labute approximate surface area is 283 Å². The van der Waals surface area contributed by atoms with Crippen molar-refractivity contribution in [3.05, 3.63) is 29.3 Å². The van der Waals surface area contributed by atoms with Gasteiger partial charge in [0, 0.05) is 31.5 Å². The molecule has 2 aliphatic rings. The molecule has 1 aromatic carbocycles. The molecular weight excluding hydrogens is 622 g/mol. The number of carbonyl (C=O) groups is 5. The van der Waals surface area contributed by atoms with Crippen LogP contribution in [0.5, 0.6) is 5.75 Å². The normalized spacial score (nSPS) is 20.1. The number of fused-ring (bicyclic) bond motifs is 1. The molecule has 0 radical (unpaired) electrons. The number of aliphatic carboxylic acids is 1. The highest BCUT2D eigenvalue weighted by molar-refractivity contribution is 5.85. The number of hydrogen-bond donors (Lipinski definition) is 2. The highest BCUT2D eigenvalue weighted by atomic mass is 16.6. The van der Waals surface area contributed by atoms with Gasteiger partial charge >= 0.3 is 24.1 Å². The summed E-state index contributed by atoms with van der Waals surface area (Å²) in [6.07, 6.45) is -0.0690. The maximum absolute atomic E-state index is 13.2. The number of amides is 3. The number of alkyl carbamates (subject to hydrolysis) is 1. The molecule has 0 saturated carbocycles. The molecule has 1 aromatic rings. The van der Waals surface area contributed by atoms with E-state index in [0.29, 0.717) is 38.1 Å². The molecule has 0 aromatic heterocycles. The number of likely N-dealkylation sites (tertiary alicyclic amines) is 1. The summed E-state index contributed by atoms with van der Waals surface area (Å²) in [4.78, 5) is 66.1. The second-order valence-corrected chi connectivity index (χ2v) is 15.1. The smallest absolute Gasteiger partial charge is 0.411 e. The van der Waals surface area contributed by atoms with Gasteiger partial charge in [0.05, 0.1) is 13.2 Å². The summed E-state index contributed by atoms with van der Waals surface area (Å²) >= 11 is 0. The fourth-order valence-corrected chi connectivity index (χ4v) is 5.68. The van der Waals surface area contributed by atoms with Crippen LogP contribution < -0.4 is 10.1 Å². The number of benzene rings is 1. The Hall–Kier alpha value is -4.03. The van der Waals surface area contributed by atoms with Crippen molar-refractivity contribution in [2.45, 2.75) is 130 Å². The molecule has 13 heteroatoms. The van der Waals surface area contributed by atoms with Crippen LogP contribution in [0.15, 0.2) is 18.2 Å². The SMILES string of the molecule is CC(C)[C@H](NC(=O)OCCCCC(=O)N1CCc2cccc(O[C@H]3CN(C(=O)OC(C)(C)C)[C@](C)(C(=O)O)C3)c2C1)C(=O)OC(C)(C)C. The van der Waals surface area contributed by atoms with E-state index in [4.69, 9.17) is 18.9 Å². The average molecular weight is 676 g/mol. The van der Waals surface area contributed by atoms with Gasteiger partial charge in [-0.15, -0.1) is 0 Å². The first kappa shape index (κ1) is 38.4. The highest BCUT2D eigenvalue weighted by Gasteiger charge is 2.52. The number of nitrogens with zero attached hydrogens (tertiary/aromatic N) is 2. The van der Waals surface area contributed by atoms with Crippen LogP contribution >= 0.6 is 0 Å². The number of ether oxygens (including phenoxy) is 4. The Kier molecular flexibility index (Phi) is 12.4. The molecule has 0 bridgehead atoms. The molecule has 0 aliphatic carbocycles. The summed E-state index contributed by atoms with van der Waals surface area (Å²) in [6, 6.07) is 4.82. The van der Waals surface area contributed by atoms with E-state index in [1.807, 2.05) is 12.1 Å². The van der Waals surface area contributed by atoms with Crippen LogP contribution in [0.25, 0.3) is 0 Å². The van der Waals surface area contributed by atoms with Gasteiger partial charge in [-0.1, -0.05) is 26.0 Å². The van der Waals surface area contributed by atoms with E-state index in [1.54, 1.807) is 66.4 Å². The summed E-state index contributed by atoms with van der Waals surface area (Å²) in [5.41, 5.74) is -1.06. The molecule has 3 rings (SSSR count). The summed E-state index contributed by atoms with van der Waals surface area (Å²) in [5, 5.41) is 12.6. The number of carbonyl (C=O) groups excluding carboxylic acids is 4. The zero-order valence-electron chi connectivity index (χ0n) is 29.8. The molecule has 3 amide bonds. The zero-order chi connectivity index (χ0) is 36.0. The monoisotopic (exact) mass is 675 g/mol. The van der Waals surface area contributed by atoms with Gasteiger partial charge in [-0.3, -0.25) is 9.69 Å². The van der Waals surface area contributed by atoms with Crippen LogP contribution in [0.4, 0.5) is 9.59 Å². The Balaban J connectivity index is 1.53. The van der Waals surface area contributed by atoms with Gasteiger partial charge < -0.3 is 34.3 Å². The fraction of sp³-hybridized carbons (Fsp3) is 0.686. The molecule has 1 saturated heterocycles. The minimum atomic E-state index is -1.50. The van der Waals surface area contributed by atoms with Crippen molar-refractivity contribution < 1.29 is 48.0 Å². The Morgan fingerprint density at radius 3 is 2.29 bits per heavy atom. The van der Waals surface area contributed by atoms with E-state index in [1.165, 1.54) is 11.8 Å². The maximum Gasteiger partial charge on any atom is 0.411 e. The van der Waals surface area contributed by atoms with Crippen molar-refractivity contribution in [2.75, 3.05) is 19.7 Å². The molecule has 48 heavy (non-hydrogen) atoms. The third kappa shape index (κ3) is 10.5. The topological polar surface area (TPSA) is 161 Å². The first-order valence-electron chi connectivity index (χ1n) is 16.7. The van der Waals surface area contributed by atoms with E-state index in [9.17, 15) is 29.1 Å². The summed E-state index contributed by atoms with van der Waals surface area (Å²) in [7, 11) is 0. The predicted octanol–water partition coefficient (Wildman–Crippen LogP) is 5.07. The van der Waals surface area contributed by atoms with Crippen molar-refractivity contribution in [3.63, 3.8) is 0 Å². The van der Waals surface area contributed by atoms with Gasteiger partial charge in [0.2, 0.25) is 5.91 Å². The van der Waals surface area contributed by atoms with Gasteiger partial charge in [-0.2, -0.15) is 0 Å². The van der Waals surface area contributed by atoms with Gasteiger partial charge in [0.25, 0.3) is 0 Å². The summed E-state index contributed by atoms with van der Waals surface area (Å²) in [5.74, 6) is -1.35. The minimum Gasteiger partial charge on any atom is -0.488 e. The molecule has 1 fully saturated rings. The maximum atomic E-state index is 13.2. The molecule has 0 spiro atoms. The van der Waals surface area contributed by atoms with Gasteiger partial charge in [-0.25, -0.2) is 19.2 Å². The first-order valence-corrected chi connectivity index (χ1v) is 16.7. The number of unbranched alkanes of at least 4 members (excludes halogenated alkanes) is 1. The quantitative estimate of drug-likeness (QED) is 0.184. The third-order valence-corrected chi connectivity index (χ3v) is 8.18. The second kappa shape index (κ2) is 15.5. The zero-order valence-corrected chi connectivity index (χ0v) is 29.8. The van der Waals surface area contributed by atoms with Gasteiger partial charge in [0.15, 0.2) is 0 Å². The number of hydrogen-bond acceptors (Lipinski definition) is 9. The lowest BCUT2D eigenvalue weighted by Crippen LogP contribution is -2.52. The standard InChI is InChI=1S/C35H53N3O10/c1-22(2)28(29(40)47-33(3,4)5)36-31(43)45-18-11-10-15-27(39)37-17-16-23-13-12-14-26(25(23)21-37)46-24-19-35(9,30(41)42)38(20-24)32(44)48-34(6,7)8/h12-14,22,24,28H,10-11,15-21H2,1-9H3,(H,36,43)(H,41,42)/t24-,28+,35+/m1/s1. The lowest BCUT2D eigenvalue weighted by atomic mass is 9.97. The largest absolute Gasteiger partial charge is 0.488 e. The molecule has 2 N–H and O–H groups in total. The average Bonchev–Trinajstić information content (AvgIpc) is 3.31. The van der Waals surface area contributed by atoms with Crippen molar-refractivity contribution in [1.29, 1.82) is 0 Å². The molecule has 0 unspecified atom stereocenters. The number of carboxylic acids is 1. The van der Waals surface area contributed by atoms with E-state index in [0.717, 1.165) is 11.1 Å². The van der Waals surface area contributed by atoms with Crippen LogP contribution in [0.2, 0.25) is 0 Å². The van der Waals surface area contributed by atoms with E-state index in [2.05, 4.69) is 5.32 Å². The Morgan fingerprint density at radius 1 is 1.02 bits per heavy atom. The molecule has 268 valence electrons. The highest BCUT2D eigenvalue weighted by Crippen LogP contribution is 2.36. The van der Waals surface area contributed by atoms with Crippen LogP contribution in [0, 0.1) is 5.92 Å². The Morgan fingerprint density at radius 2 is 1.69 bits per heavy atom. The predicted molar refractivity (Wildman–Crippen MR) is 176 cm³/mol. The lowest BCUT2D eigenvalue weighted by molar-refractivity contribution is -0.158. The van der Waals surface area contributed by atoms with Crippen LogP contribution in [-0.2, 0) is 41.6 Å². The summed E-state index contributed by atoms with van der Waals surface area (Å²) < 4.78 is 22.5. The van der Waals surface area contributed by atoms with E-state index in [-0.39, 0.29) is 37.8 Å². The molecule has 3 atom stereocenters. The van der Waals surface area contributed by atoms with E-state index >= 15 is 0 Å². The first-order chi connectivity index (χ1) is 22.2. The Bertz CT molecular complexity index is 1350.